The van der Waals surface area contributed by atoms with Crippen LogP contribution >= 0.6 is 0 Å². The molecule has 0 saturated carbocycles. The Hall–Kier alpha value is -6.76. The van der Waals surface area contributed by atoms with E-state index in [1.165, 1.54) is 14.0 Å². The van der Waals surface area contributed by atoms with Gasteiger partial charge in [0.25, 0.3) is 0 Å². The number of esters is 1. The van der Waals surface area contributed by atoms with E-state index in [9.17, 15) is 38.4 Å². The van der Waals surface area contributed by atoms with E-state index in [4.69, 9.17) is 21.9 Å². The summed E-state index contributed by atoms with van der Waals surface area (Å²) in [5.74, 6) is -6.52. The fourth-order valence-electron chi connectivity index (χ4n) is 6.65. The van der Waals surface area contributed by atoms with Gasteiger partial charge in [-0.05, 0) is 55.5 Å². The van der Waals surface area contributed by atoms with Crippen molar-refractivity contribution in [2.24, 2.45) is 17.2 Å². The van der Waals surface area contributed by atoms with E-state index < -0.39 is 83.9 Å². The third kappa shape index (κ3) is 13.1. The molecule has 0 radical (unpaired) electrons. The summed E-state index contributed by atoms with van der Waals surface area (Å²) in [6, 6.07) is 7.99. The number of hydrogen-bond acceptors (Lipinski definition) is 10. The van der Waals surface area contributed by atoms with Gasteiger partial charge in [0.15, 0.2) is 0 Å². The van der Waals surface area contributed by atoms with Gasteiger partial charge in [0, 0.05) is 60.4 Å². The number of hydrogen-bond donors (Lipinski definition) is 10. The van der Waals surface area contributed by atoms with Crippen molar-refractivity contribution >= 4 is 69.1 Å². The van der Waals surface area contributed by atoms with Crippen molar-refractivity contribution in [3.05, 3.63) is 72.1 Å². The highest BCUT2D eigenvalue weighted by Crippen LogP contribution is 2.21. The standard InChI is InChI=1S/C40H52N10O9/c1-22(51)46-31(17-23-20-44-27-11-5-3-9-25(23)27)38(56)49-32(19-35(43)53)39(57)48-30(14-15-34(42)52)37(55)47-29(13-7-8-16-41)36(54)50-33(40(58)59-2)18-24-21-45-28-12-6-4-10-26(24)28/h3-6,9-12,20-21,29-33,44-45H,7-8,13-19,41H2,1-2H3,(H2,42,52)(H2,43,53)(H,46,51)(H,47,55)(H,48,57)(H,49,56)(H,50,54). The number of nitrogens with one attached hydrogen (secondary N) is 7. The number of carbonyl (C=O) groups excluding carboxylic acids is 8. The van der Waals surface area contributed by atoms with E-state index in [2.05, 4.69) is 36.6 Å². The molecular weight excluding hydrogens is 765 g/mol. The van der Waals surface area contributed by atoms with E-state index in [0.29, 0.717) is 24.9 Å². The van der Waals surface area contributed by atoms with Gasteiger partial charge in [0.2, 0.25) is 41.4 Å². The van der Waals surface area contributed by atoms with Crippen LogP contribution in [-0.4, -0.2) is 101 Å². The number of primary amides is 2. The van der Waals surface area contributed by atoms with Crippen molar-refractivity contribution in [3.8, 4) is 0 Å². The normalized spacial score (nSPS) is 13.6. The predicted octanol–water partition coefficient (Wildman–Crippen LogP) is -0.679. The smallest absolute Gasteiger partial charge is 0.328 e. The SMILES string of the molecule is COC(=O)C(Cc1c[nH]c2ccccc12)NC(=O)C(CCCCN)NC(=O)C(CCC(N)=O)NC(=O)C(CC(N)=O)NC(=O)C(Cc1c[nH]c2ccccc12)NC(C)=O. The van der Waals surface area contributed by atoms with Gasteiger partial charge in [-0.15, -0.1) is 0 Å². The van der Waals surface area contributed by atoms with Crippen LogP contribution in [0.25, 0.3) is 21.8 Å². The number of aromatic nitrogens is 2. The molecule has 0 saturated heterocycles. The van der Waals surface area contributed by atoms with E-state index in [-0.39, 0.29) is 32.1 Å². The van der Waals surface area contributed by atoms with E-state index >= 15 is 0 Å². The van der Waals surface area contributed by atoms with Crippen LogP contribution in [0.4, 0.5) is 0 Å². The summed E-state index contributed by atoms with van der Waals surface area (Å²) in [7, 11) is 1.18. The Kier molecular flexibility index (Phi) is 16.5. The Morgan fingerprint density at radius 2 is 1.08 bits per heavy atom. The molecule has 5 atom stereocenters. The van der Waals surface area contributed by atoms with Gasteiger partial charge in [0.05, 0.1) is 13.5 Å². The molecule has 0 aliphatic rings. The number of benzene rings is 2. The van der Waals surface area contributed by atoms with E-state index in [1.807, 2.05) is 48.5 Å². The first-order valence-electron chi connectivity index (χ1n) is 19.1. The average molecular weight is 817 g/mol. The minimum atomic E-state index is -1.63. The molecule has 59 heavy (non-hydrogen) atoms. The molecule has 5 unspecified atom stereocenters. The van der Waals surface area contributed by atoms with Crippen LogP contribution in [0.15, 0.2) is 60.9 Å². The molecule has 2 heterocycles. The van der Waals surface area contributed by atoms with Gasteiger partial charge in [-0.25, -0.2) is 4.79 Å². The third-order valence-electron chi connectivity index (χ3n) is 9.62. The maximum atomic E-state index is 13.9. The number of ether oxygens (including phenoxy) is 1. The Balaban J connectivity index is 1.53. The number of para-hydroxylation sites is 2. The number of carbonyl (C=O) groups is 8. The number of H-pyrrole nitrogens is 2. The number of unbranched alkanes of at least 4 members (excludes halogenated alkanes) is 1. The Labute approximate surface area is 339 Å². The number of amides is 7. The predicted molar refractivity (Wildman–Crippen MR) is 216 cm³/mol. The lowest BCUT2D eigenvalue weighted by Gasteiger charge is -2.27. The highest BCUT2D eigenvalue weighted by atomic mass is 16.5. The first-order valence-corrected chi connectivity index (χ1v) is 19.1. The van der Waals surface area contributed by atoms with Crippen molar-refractivity contribution in [1.29, 1.82) is 0 Å². The molecule has 0 aliphatic heterocycles. The molecule has 0 spiro atoms. The van der Waals surface area contributed by atoms with Crippen LogP contribution in [0, 0.1) is 0 Å². The lowest BCUT2D eigenvalue weighted by molar-refractivity contribution is -0.145. The van der Waals surface area contributed by atoms with Crippen molar-refractivity contribution in [1.82, 2.24) is 36.6 Å². The first-order chi connectivity index (χ1) is 28.2. The number of rotatable bonds is 23. The number of aromatic amines is 2. The average Bonchev–Trinajstić information content (AvgIpc) is 3.81. The Morgan fingerprint density at radius 3 is 1.59 bits per heavy atom. The molecule has 4 rings (SSSR count). The van der Waals surface area contributed by atoms with Gasteiger partial charge >= 0.3 is 5.97 Å². The Bertz CT molecular complexity index is 2150. The molecule has 0 aliphatic carbocycles. The van der Waals surface area contributed by atoms with Gasteiger partial charge in [-0.3, -0.25) is 33.6 Å². The topological polar surface area (TPSA) is 316 Å². The second-order valence-electron chi connectivity index (χ2n) is 14.1. The zero-order valence-electron chi connectivity index (χ0n) is 32.9. The summed E-state index contributed by atoms with van der Waals surface area (Å²) >= 11 is 0. The van der Waals surface area contributed by atoms with Crippen LogP contribution < -0.4 is 43.8 Å². The molecule has 0 fully saturated rings. The maximum Gasteiger partial charge on any atom is 0.328 e. The van der Waals surface area contributed by atoms with Crippen molar-refractivity contribution in [3.63, 3.8) is 0 Å². The van der Waals surface area contributed by atoms with E-state index in [0.717, 1.165) is 27.4 Å². The molecule has 4 aromatic rings. The largest absolute Gasteiger partial charge is 0.467 e. The molecule has 316 valence electrons. The fraction of sp³-hybridized carbons (Fsp3) is 0.400. The third-order valence-corrected chi connectivity index (χ3v) is 9.62. The quantitative estimate of drug-likeness (QED) is 0.0332. The molecule has 2 aromatic heterocycles. The van der Waals surface area contributed by atoms with Gasteiger partial charge in [-0.2, -0.15) is 0 Å². The van der Waals surface area contributed by atoms with Gasteiger partial charge in [0.1, 0.15) is 30.2 Å². The second-order valence-corrected chi connectivity index (χ2v) is 14.1. The molecule has 19 nitrogen and oxygen atoms in total. The summed E-state index contributed by atoms with van der Waals surface area (Å²) in [5, 5.41) is 14.4. The van der Waals surface area contributed by atoms with Crippen molar-refractivity contribution in [2.75, 3.05) is 13.7 Å². The summed E-state index contributed by atoms with van der Waals surface area (Å²) in [4.78, 5) is 110. The van der Waals surface area contributed by atoms with Crippen LogP contribution in [-0.2, 0) is 55.9 Å². The van der Waals surface area contributed by atoms with Gasteiger partial charge < -0.3 is 58.5 Å². The molecule has 19 heteroatoms. The molecule has 0 bridgehead atoms. The summed E-state index contributed by atoms with van der Waals surface area (Å²) < 4.78 is 4.98. The summed E-state index contributed by atoms with van der Waals surface area (Å²) in [5.41, 5.74) is 19.6. The lowest BCUT2D eigenvalue weighted by atomic mass is 10.0. The molecule has 7 amide bonds. The van der Waals surface area contributed by atoms with Gasteiger partial charge in [-0.1, -0.05) is 36.4 Å². The van der Waals surface area contributed by atoms with Crippen molar-refractivity contribution in [2.45, 2.75) is 88.5 Å². The number of nitrogens with two attached hydrogens (primary N) is 3. The van der Waals surface area contributed by atoms with Crippen molar-refractivity contribution < 1.29 is 43.1 Å². The first kappa shape index (κ1) is 44.9. The zero-order chi connectivity index (χ0) is 43.1. The maximum absolute atomic E-state index is 13.9. The highest BCUT2D eigenvalue weighted by molar-refractivity contribution is 5.98. The fourth-order valence-corrected chi connectivity index (χ4v) is 6.65. The Morgan fingerprint density at radius 1 is 0.610 bits per heavy atom. The summed E-state index contributed by atoms with van der Waals surface area (Å²) in [6.45, 7) is 1.51. The number of methoxy groups -OCH3 is 1. The molecule has 13 N–H and O–H groups in total. The van der Waals surface area contributed by atoms with Crippen LogP contribution in [0.5, 0.6) is 0 Å². The van der Waals surface area contributed by atoms with Crippen LogP contribution in [0.1, 0.15) is 56.6 Å². The second kappa shape index (κ2) is 21.7. The molecular formula is C40H52N10O9. The molecule has 2 aromatic carbocycles. The van der Waals surface area contributed by atoms with Crippen LogP contribution in [0.2, 0.25) is 0 Å². The van der Waals surface area contributed by atoms with Crippen LogP contribution in [0.3, 0.4) is 0 Å². The number of fused-ring (bicyclic) bond motifs is 2. The minimum Gasteiger partial charge on any atom is -0.467 e. The highest BCUT2D eigenvalue weighted by Gasteiger charge is 2.34. The lowest BCUT2D eigenvalue weighted by Crippen LogP contribution is -2.59. The minimum absolute atomic E-state index is 0.0101. The summed E-state index contributed by atoms with van der Waals surface area (Å²) in [6.07, 6.45) is 3.02. The zero-order valence-corrected chi connectivity index (χ0v) is 32.9. The monoisotopic (exact) mass is 816 g/mol. The van der Waals surface area contributed by atoms with E-state index in [1.54, 1.807) is 12.4 Å².